The van der Waals surface area contributed by atoms with Gasteiger partial charge in [-0.05, 0) is 65.4 Å². The molecule has 0 saturated carbocycles. The standard InChI is InChI=1S/C15H14F2IN/c1-19-15(11-4-2-3-5-14(11)18)9-10-6-7-12(16)13(17)8-10/h2-8,15,19H,9H2,1H3. The molecule has 2 aromatic rings. The third-order valence-electron chi connectivity index (χ3n) is 3.05. The van der Waals surface area contributed by atoms with Gasteiger partial charge in [-0.2, -0.15) is 0 Å². The van der Waals surface area contributed by atoms with Gasteiger partial charge in [0.2, 0.25) is 0 Å². The molecular weight excluding hydrogens is 359 g/mol. The third kappa shape index (κ3) is 3.51. The number of likely N-dealkylation sites (N-methyl/N-ethyl adjacent to an activating group) is 1. The van der Waals surface area contributed by atoms with E-state index in [1.165, 1.54) is 12.1 Å². The van der Waals surface area contributed by atoms with Crippen molar-refractivity contribution in [3.05, 3.63) is 68.8 Å². The molecule has 0 spiro atoms. The molecule has 2 aromatic carbocycles. The Kier molecular flexibility index (Phi) is 4.87. The lowest BCUT2D eigenvalue weighted by Gasteiger charge is -2.18. The Labute approximate surface area is 125 Å². The summed E-state index contributed by atoms with van der Waals surface area (Å²) in [5.74, 6) is -1.60. The highest BCUT2D eigenvalue weighted by molar-refractivity contribution is 14.1. The number of benzene rings is 2. The van der Waals surface area contributed by atoms with Crippen LogP contribution < -0.4 is 5.32 Å². The van der Waals surface area contributed by atoms with Crippen molar-refractivity contribution < 1.29 is 8.78 Å². The topological polar surface area (TPSA) is 12.0 Å². The predicted octanol–water partition coefficient (Wildman–Crippen LogP) is 4.07. The van der Waals surface area contributed by atoms with Gasteiger partial charge in [-0.3, -0.25) is 0 Å². The molecule has 100 valence electrons. The molecule has 1 atom stereocenters. The van der Waals surface area contributed by atoms with Crippen LogP contribution in [0.5, 0.6) is 0 Å². The Morgan fingerprint density at radius 2 is 1.84 bits per heavy atom. The lowest BCUT2D eigenvalue weighted by molar-refractivity contribution is 0.504. The quantitative estimate of drug-likeness (QED) is 0.797. The first-order chi connectivity index (χ1) is 9.11. The third-order valence-corrected chi connectivity index (χ3v) is 4.04. The number of halogens is 3. The summed E-state index contributed by atoms with van der Waals surface area (Å²) >= 11 is 2.28. The fraction of sp³-hybridized carbons (Fsp3) is 0.200. The van der Waals surface area contributed by atoms with E-state index in [0.717, 1.165) is 14.7 Å². The van der Waals surface area contributed by atoms with Crippen LogP contribution >= 0.6 is 22.6 Å². The molecule has 0 aliphatic heterocycles. The first kappa shape index (κ1) is 14.4. The molecule has 0 bridgehead atoms. The van der Waals surface area contributed by atoms with Gasteiger partial charge in [-0.15, -0.1) is 0 Å². The normalized spacial score (nSPS) is 12.4. The zero-order chi connectivity index (χ0) is 13.8. The maximum absolute atomic E-state index is 13.2. The molecule has 0 radical (unpaired) electrons. The number of rotatable bonds is 4. The van der Waals surface area contributed by atoms with E-state index in [1.807, 2.05) is 31.3 Å². The number of nitrogens with one attached hydrogen (secondary N) is 1. The average molecular weight is 373 g/mol. The molecule has 1 nitrogen and oxygen atoms in total. The highest BCUT2D eigenvalue weighted by atomic mass is 127. The molecule has 0 aliphatic rings. The summed E-state index contributed by atoms with van der Waals surface area (Å²) in [7, 11) is 1.87. The van der Waals surface area contributed by atoms with Crippen LogP contribution in [0.2, 0.25) is 0 Å². The highest BCUT2D eigenvalue weighted by Gasteiger charge is 2.13. The van der Waals surface area contributed by atoms with Gasteiger partial charge >= 0.3 is 0 Å². The van der Waals surface area contributed by atoms with Crippen LogP contribution in [-0.4, -0.2) is 7.05 Å². The molecule has 0 amide bonds. The lowest BCUT2D eigenvalue weighted by atomic mass is 9.99. The van der Waals surface area contributed by atoms with Gasteiger partial charge in [0.05, 0.1) is 0 Å². The average Bonchev–Trinajstić information content (AvgIpc) is 2.41. The first-order valence-corrected chi connectivity index (χ1v) is 7.05. The molecule has 0 aliphatic carbocycles. The van der Waals surface area contributed by atoms with Gasteiger partial charge < -0.3 is 5.32 Å². The Balaban J connectivity index is 2.24. The van der Waals surface area contributed by atoms with Gasteiger partial charge in [0, 0.05) is 9.61 Å². The smallest absolute Gasteiger partial charge is 0.159 e. The van der Waals surface area contributed by atoms with Gasteiger partial charge in [0.1, 0.15) is 0 Å². The second-order valence-corrected chi connectivity index (χ2v) is 5.48. The number of hydrogen-bond donors (Lipinski definition) is 1. The second-order valence-electron chi connectivity index (χ2n) is 4.32. The zero-order valence-corrected chi connectivity index (χ0v) is 12.6. The molecule has 0 heterocycles. The van der Waals surface area contributed by atoms with E-state index in [0.29, 0.717) is 6.42 Å². The molecule has 2 rings (SSSR count). The van der Waals surface area contributed by atoms with Crippen LogP contribution in [0.1, 0.15) is 17.2 Å². The SMILES string of the molecule is CNC(Cc1ccc(F)c(F)c1)c1ccccc1I. The van der Waals surface area contributed by atoms with Crippen molar-refractivity contribution in [3.63, 3.8) is 0 Å². The van der Waals surface area contributed by atoms with E-state index in [4.69, 9.17) is 0 Å². The highest BCUT2D eigenvalue weighted by Crippen LogP contribution is 2.23. The molecule has 1 N–H and O–H groups in total. The Morgan fingerprint density at radius 3 is 2.47 bits per heavy atom. The van der Waals surface area contributed by atoms with Crippen molar-refractivity contribution in [1.82, 2.24) is 5.32 Å². The lowest BCUT2D eigenvalue weighted by Crippen LogP contribution is -2.20. The minimum atomic E-state index is -0.806. The van der Waals surface area contributed by atoms with Crippen molar-refractivity contribution >= 4 is 22.6 Å². The minimum absolute atomic E-state index is 0.0814. The zero-order valence-electron chi connectivity index (χ0n) is 10.5. The molecule has 0 aromatic heterocycles. The van der Waals surface area contributed by atoms with Crippen molar-refractivity contribution in [2.24, 2.45) is 0 Å². The fourth-order valence-corrected chi connectivity index (χ4v) is 2.79. The maximum atomic E-state index is 13.2. The Hall–Kier alpha value is -1.01. The Morgan fingerprint density at radius 1 is 1.11 bits per heavy atom. The van der Waals surface area contributed by atoms with E-state index >= 15 is 0 Å². The van der Waals surface area contributed by atoms with E-state index in [-0.39, 0.29) is 6.04 Å². The summed E-state index contributed by atoms with van der Waals surface area (Å²) in [6, 6.07) is 12.2. The van der Waals surface area contributed by atoms with Gasteiger partial charge in [-0.25, -0.2) is 8.78 Å². The largest absolute Gasteiger partial charge is 0.313 e. The van der Waals surface area contributed by atoms with Crippen molar-refractivity contribution in [2.45, 2.75) is 12.5 Å². The second kappa shape index (κ2) is 6.43. The van der Waals surface area contributed by atoms with Crippen molar-refractivity contribution in [2.75, 3.05) is 7.05 Å². The van der Waals surface area contributed by atoms with Gasteiger partial charge in [-0.1, -0.05) is 24.3 Å². The first-order valence-electron chi connectivity index (χ1n) is 5.97. The van der Waals surface area contributed by atoms with E-state index in [9.17, 15) is 8.78 Å². The molecule has 0 saturated heterocycles. The Bertz CT molecular complexity index is 572. The van der Waals surface area contributed by atoms with Crippen LogP contribution in [0.3, 0.4) is 0 Å². The number of hydrogen-bond acceptors (Lipinski definition) is 1. The molecule has 1 unspecified atom stereocenters. The van der Waals surface area contributed by atoms with Gasteiger partial charge in [0.25, 0.3) is 0 Å². The van der Waals surface area contributed by atoms with Crippen molar-refractivity contribution in [1.29, 1.82) is 0 Å². The monoisotopic (exact) mass is 373 g/mol. The van der Waals surface area contributed by atoms with E-state index in [2.05, 4.69) is 27.9 Å². The summed E-state index contributed by atoms with van der Waals surface area (Å²) < 4.78 is 27.3. The summed E-state index contributed by atoms with van der Waals surface area (Å²) in [5, 5.41) is 3.22. The summed E-state index contributed by atoms with van der Waals surface area (Å²) in [4.78, 5) is 0. The summed E-state index contributed by atoms with van der Waals surface area (Å²) in [5.41, 5.74) is 1.94. The van der Waals surface area contributed by atoms with E-state index < -0.39 is 11.6 Å². The predicted molar refractivity (Wildman–Crippen MR) is 81.0 cm³/mol. The van der Waals surface area contributed by atoms with Crippen LogP contribution in [0.25, 0.3) is 0 Å². The summed E-state index contributed by atoms with van der Waals surface area (Å²) in [6.45, 7) is 0. The van der Waals surface area contributed by atoms with Crippen molar-refractivity contribution in [3.8, 4) is 0 Å². The molecule has 4 heteroatoms. The molecule has 0 fully saturated rings. The van der Waals surface area contributed by atoms with Crippen LogP contribution in [-0.2, 0) is 6.42 Å². The van der Waals surface area contributed by atoms with E-state index in [1.54, 1.807) is 6.07 Å². The molecular formula is C15H14F2IN. The summed E-state index contributed by atoms with van der Waals surface area (Å²) in [6.07, 6.45) is 0.619. The van der Waals surface area contributed by atoms with Crippen LogP contribution in [0, 0.1) is 15.2 Å². The maximum Gasteiger partial charge on any atom is 0.159 e. The fourth-order valence-electron chi connectivity index (χ4n) is 2.03. The molecule has 19 heavy (non-hydrogen) atoms. The van der Waals surface area contributed by atoms with Crippen LogP contribution in [0.4, 0.5) is 8.78 Å². The van der Waals surface area contributed by atoms with Gasteiger partial charge in [0.15, 0.2) is 11.6 Å². The van der Waals surface area contributed by atoms with Crippen LogP contribution in [0.15, 0.2) is 42.5 Å². The minimum Gasteiger partial charge on any atom is -0.313 e.